The molecule has 3 rings (SSSR count). The number of benzene rings is 2. The maximum Gasteiger partial charge on any atom is 0.333 e. The zero-order valence-electron chi connectivity index (χ0n) is 18.2. The van der Waals surface area contributed by atoms with Gasteiger partial charge in [-0.1, -0.05) is 35.9 Å². The highest BCUT2D eigenvalue weighted by Crippen LogP contribution is 2.26. The van der Waals surface area contributed by atoms with Gasteiger partial charge in [-0.3, -0.25) is 15.3 Å². The largest absolute Gasteiger partial charge is 0.479 e. The van der Waals surface area contributed by atoms with Crippen molar-refractivity contribution in [1.82, 2.24) is 20.6 Å². The van der Waals surface area contributed by atoms with E-state index in [1.807, 2.05) is 0 Å². The Morgan fingerprint density at radius 2 is 1.88 bits per heavy atom. The highest BCUT2D eigenvalue weighted by molar-refractivity contribution is 6.30. The summed E-state index contributed by atoms with van der Waals surface area (Å²) in [6.07, 6.45) is -2.09. The van der Waals surface area contributed by atoms with Gasteiger partial charge >= 0.3 is 5.97 Å². The number of aromatic amines is 1. The van der Waals surface area contributed by atoms with Gasteiger partial charge in [0.25, 0.3) is 5.91 Å². The van der Waals surface area contributed by atoms with Crippen molar-refractivity contribution in [2.45, 2.75) is 32.1 Å². The zero-order valence-corrected chi connectivity index (χ0v) is 19.0. The predicted molar refractivity (Wildman–Crippen MR) is 122 cm³/mol. The number of halogens is 2. The monoisotopic (exact) mass is 490 g/mol. The molecule has 2 atom stereocenters. The number of nitrogens with one attached hydrogen (secondary N) is 2. The van der Waals surface area contributed by atoms with Crippen molar-refractivity contribution in [2.24, 2.45) is 0 Å². The molecule has 5 N–H and O–H groups in total. The fourth-order valence-corrected chi connectivity index (χ4v) is 3.44. The van der Waals surface area contributed by atoms with Crippen LogP contribution in [0.5, 0.6) is 0 Å². The number of hydrogen-bond donors (Lipinski definition) is 5. The molecule has 3 aromatic rings. The lowest BCUT2D eigenvalue weighted by molar-refractivity contribution is -0.148. The van der Waals surface area contributed by atoms with Gasteiger partial charge in [0.05, 0.1) is 12.6 Å². The third kappa shape index (κ3) is 6.84. The number of nitrogens with zero attached hydrogens (tertiary/aromatic N) is 2. The normalized spacial score (nSPS) is 13.0. The van der Waals surface area contributed by atoms with E-state index in [1.54, 1.807) is 31.2 Å². The van der Waals surface area contributed by atoms with Gasteiger partial charge in [-0.2, -0.15) is 5.10 Å². The highest BCUT2D eigenvalue weighted by Gasteiger charge is 2.22. The van der Waals surface area contributed by atoms with Crippen molar-refractivity contribution < 1.29 is 29.3 Å². The van der Waals surface area contributed by atoms with E-state index in [2.05, 4.69) is 15.6 Å². The van der Waals surface area contributed by atoms with Gasteiger partial charge in [-0.25, -0.2) is 14.2 Å². The summed E-state index contributed by atoms with van der Waals surface area (Å²) in [4.78, 5) is 23.8. The minimum atomic E-state index is -1.75. The van der Waals surface area contributed by atoms with E-state index >= 15 is 0 Å². The molecule has 0 fully saturated rings. The van der Waals surface area contributed by atoms with Gasteiger partial charge in [0.1, 0.15) is 5.82 Å². The van der Waals surface area contributed by atoms with Gasteiger partial charge in [0.2, 0.25) is 0 Å². The van der Waals surface area contributed by atoms with Crippen LogP contribution in [-0.4, -0.2) is 61.2 Å². The Hall–Kier alpha value is -3.31. The fourth-order valence-electron chi connectivity index (χ4n) is 3.27. The summed E-state index contributed by atoms with van der Waals surface area (Å²) in [5.74, 6) is -2.49. The second kappa shape index (κ2) is 11.2. The molecule has 0 aliphatic carbocycles. The number of H-pyrrole nitrogens is 1. The third-order valence-electron chi connectivity index (χ3n) is 4.88. The molecule has 0 radical (unpaired) electrons. The quantitative estimate of drug-likeness (QED) is 0.275. The van der Waals surface area contributed by atoms with Gasteiger partial charge in [-0.05, 0) is 42.3 Å². The molecule has 180 valence electrons. The molecule has 34 heavy (non-hydrogen) atoms. The number of hydrogen-bond acceptors (Lipinski definition) is 6. The van der Waals surface area contributed by atoms with E-state index in [0.29, 0.717) is 27.4 Å². The van der Waals surface area contributed by atoms with Gasteiger partial charge in [0, 0.05) is 29.2 Å². The van der Waals surface area contributed by atoms with E-state index < -0.39 is 36.4 Å². The first-order valence-electron chi connectivity index (χ1n) is 10.4. The second-order valence-corrected chi connectivity index (χ2v) is 8.26. The minimum Gasteiger partial charge on any atom is -0.479 e. The number of aliphatic hydroxyl groups excluding tert-OH is 2. The number of carboxylic acids is 1. The van der Waals surface area contributed by atoms with Crippen molar-refractivity contribution >= 4 is 23.5 Å². The van der Waals surface area contributed by atoms with Crippen LogP contribution in [0.4, 0.5) is 4.39 Å². The van der Waals surface area contributed by atoms with E-state index in [4.69, 9.17) is 16.7 Å². The summed E-state index contributed by atoms with van der Waals surface area (Å²) in [5.41, 5.74) is 4.73. The average molecular weight is 491 g/mol. The fraction of sp³-hybridized carbons (Fsp3) is 0.261. The molecule has 0 spiro atoms. The number of amides is 1. The lowest BCUT2D eigenvalue weighted by atomic mass is 10.0. The maximum absolute atomic E-state index is 14.1. The summed E-state index contributed by atoms with van der Waals surface area (Å²) in [6.45, 7) is 1.26. The molecule has 1 aromatic heterocycles. The molecule has 0 aliphatic rings. The van der Waals surface area contributed by atoms with Crippen LogP contribution in [0.2, 0.25) is 5.02 Å². The number of carbonyl (C=O) groups excluding carboxylic acids is 1. The number of aliphatic hydroxyl groups is 2. The van der Waals surface area contributed by atoms with E-state index in [-0.39, 0.29) is 18.7 Å². The first-order valence-corrected chi connectivity index (χ1v) is 10.7. The summed E-state index contributed by atoms with van der Waals surface area (Å²) in [5, 5.41) is 36.6. The predicted octanol–water partition coefficient (Wildman–Crippen LogP) is 2.38. The summed E-state index contributed by atoms with van der Waals surface area (Å²) in [6, 6.07) is 12.4. The highest BCUT2D eigenvalue weighted by atomic mass is 35.5. The zero-order chi connectivity index (χ0) is 24.8. The molecule has 0 saturated heterocycles. The maximum atomic E-state index is 14.1. The lowest BCUT2D eigenvalue weighted by Crippen LogP contribution is -2.47. The van der Waals surface area contributed by atoms with Crippen LogP contribution in [0.3, 0.4) is 0 Å². The number of rotatable bonds is 10. The van der Waals surface area contributed by atoms with Crippen LogP contribution in [0.15, 0.2) is 48.5 Å². The Kier molecular flexibility index (Phi) is 8.35. The number of aromatic nitrogens is 2. The number of carboxylic acid groups (broad SMARTS) is 1. The molecule has 11 heteroatoms. The molecule has 9 nitrogen and oxygen atoms in total. The van der Waals surface area contributed by atoms with Crippen molar-refractivity contribution in [3.63, 3.8) is 0 Å². The van der Waals surface area contributed by atoms with Crippen molar-refractivity contribution in [3.05, 3.63) is 76.3 Å². The van der Waals surface area contributed by atoms with Crippen LogP contribution in [0.25, 0.3) is 11.1 Å². The molecular weight excluding hydrogens is 467 g/mol. The van der Waals surface area contributed by atoms with Crippen molar-refractivity contribution in [2.75, 3.05) is 6.54 Å². The number of hydrazine groups is 1. The Labute approximate surface area is 199 Å². The topological polar surface area (TPSA) is 139 Å². The van der Waals surface area contributed by atoms with Gasteiger partial charge in [0.15, 0.2) is 11.8 Å². The van der Waals surface area contributed by atoms with Crippen LogP contribution in [-0.2, 0) is 17.8 Å². The first-order chi connectivity index (χ1) is 16.1. The first kappa shape index (κ1) is 25.3. The molecule has 1 amide bonds. The molecule has 2 aromatic carbocycles. The van der Waals surface area contributed by atoms with Crippen LogP contribution < -0.4 is 5.43 Å². The third-order valence-corrected chi connectivity index (χ3v) is 5.12. The molecule has 0 aliphatic heterocycles. The Bertz CT molecular complexity index is 1150. The second-order valence-electron chi connectivity index (χ2n) is 7.83. The summed E-state index contributed by atoms with van der Waals surface area (Å²) >= 11 is 5.96. The van der Waals surface area contributed by atoms with E-state index in [9.17, 15) is 24.2 Å². The van der Waals surface area contributed by atoms with E-state index in [0.717, 1.165) is 0 Å². The van der Waals surface area contributed by atoms with E-state index in [1.165, 1.54) is 29.3 Å². The summed E-state index contributed by atoms with van der Waals surface area (Å²) < 4.78 is 14.1. The smallest absolute Gasteiger partial charge is 0.333 e. The minimum absolute atomic E-state index is 0.0391. The standard InChI is InChI=1S/C23H24ClFN4O5/c1-13(30)8-17-10-20(27-26-17)22(32)28-29(12-21(31)23(33)34)11-14-2-4-15(5-3-14)18-9-16(24)6-7-19(18)25/h2-7,9-10,13,21,30-31H,8,11-12H2,1H3,(H,26,27)(H,28,32)(H,33,34)/t13?,21-/m1/s1. The Morgan fingerprint density at radius 1 is 1.18 bits per heavy atom. The van der Waals surface area contributed by atoms with Crippen LogP contribution >= 0.6 is 11.6 Å². The summed E-state index contributed by atoms with van der Waals surface area (Å²) in [7, 11) is 0. The molecule has 1 unspecified atom stereocenters. The number of aliphatic carboxylic acids is 1. The SMILES string of the molecule is CC(O)Cc1cc(C(=O)NN(Cc2ccc(-c3cc(Cl)ccc3F)cc2)C[C@@H](O)C(=O)O)n[nH]1. The molecule has 0 saturated carbocycles. The molecular formula is C23H24ClFN4O5. The van der Waals surface area contributed by atoms with Crippen LogP contribution in [0.1, 0.15) is 28.7 Å². The van der Waals surface area contributed by atoms with Crippen molar-refractivity contribution in [1.29, 1.82) is 0 Å². The van der Waals surface area contributed by atoms with Gasteiger partial charge in [-0.15, -0.1) is 0 Å². The van der Waals surface area contributed by atoms with Gasteiger partial charge < -0.3 is 15.3 Å². The van der Waals surface area contributed by atoms with Crippen molar-refractivity contribution in [3.8, 4) is 11.1 Å². The molecule has 1 heterocycles. The van der Waals surface area contributed by atoms with Crippen LogP contribution in [0, 0.1) is 5.82 Å². The molecule has 0 bridgehead atoms. The lowest BCUT2D eigenvalue weighted by Gasteiger charge is -2.24. The average Bonchev–Trinajstić information content (AvgIpc) is 3.24. The number of carbonyl (C=O) groups is 2. The Morgan fingerprint density at radius 3 is 2.53 bits per heavy atom. The Balaban J connectivity index is 1.75.